The van der Waals surface area contributed by atoms with Crippen molar-refractivity contribution in [3.8, 4) is 0 Å². The summed E-state index contributed by atoms with van der Waals surface area (Å²) in [6, 6.07) is 4.82. The van der Waals surface area contributed by atoms with Crippen LogP contribution in [0.3, 0.4) is 0 Å². The Bertz CT molecular complexity index is 423. The minimum Gasteiger partial charge on any atom is -0.384 e. The zero-order chi connectivity index (χ0) is 13.0. The summed E-state index contributed by atoms with van der Waals surface area (Å²) in [5, 5.41) is 7.31. The molecule has 3 nitrogen and oxygen atoms in total. The highest BCUT2D eigenvalue weighted by Crippen LogP contribution is 2.23. The van der Waals surface area contributed by atoms with E-state index in [4.69, 9.17) is 11.1 Å². The summed E-state index contributed by atoms with van der Waals surface area (Å²) in [7, 11) is 0. The molecule has 0 unspecified atom stereocenters. The van der Waals surface area contributed by atoms with Crippen LogP contribution >= 0.6 is 0 Å². The van der Waals surface area contributed by atoms with Gasteiger partial charge in [0.05, 0.1) is 5.69 Å². The zero-order valence-electron chi connectivity index (χ0n) is 10.6. The monoisotopic (exact) mass is 249 g/mol. The van der Waals surface area contributed by atoms with Crippen molar-refractivity contribution in [1.29, 1.82) is 5.41 Å². The Morgan fingerprint density at radius 1 is 1.11 bits per heavy atom. The normalized spacial score (nSPS) is 17.1. The van der Waals surface area contributed by atoms with Crippen LogP contribution in [0, 0.1) is 11.2 Å². The number of anilines is 1. The third-order valence-electron chi connectivity index (χ3n) is 3.46. The van der Waals surface area contributed by atoms with Crippen LogP contribution in [0.2, 0.25) is 0 Å². The lowest BCUT2D eigenvalue weighted by molar-refractivity contribution is 0.545. The molecule has 2 rings (SSSR count). The summed E-state index contributed by atoms with van der Waals surface area (Å²) < 4.78 is 14.0. The van der Waals surface area contributed by atoms with Crippen LogP contribution in [0.5, 0.6) is 0 Å². The molecule has 4 heteroatoms. The second-order valence-electron chi connectivity index (χ2n) is 4.83. The van der Waals surface area contributed by atoms with E-state index in [1.165, 1.54) is 25.3 Å². The molecule has 1 aliphatic heterocycles. The second-order valence-corrected chi connectivity index (χ2v) is 4.83. The van der Waals surface area contributed by atoms with Crippen LogP contribution < -0.4 is 10.6 Å². The number of amidine groups is 1. The first-order valence-electron chi connectivity index (χ1n) is 6.57. The molecular formula is C14H20FN3. The fourth-order valence-corrected chi connectivity index (χ4v) is 2.42. The van der Waals surface area contributed by atoms with E-state index in [0.717, 1.165) is 25.9 Å². The summed E-state index contributed by atoms with van der Waals surface area (Å²) in [4.78, 5) is 2.11. The van der Waals surface area contributed by atoms with Crippen molar-refractivity contribution in [2.24, 2.45) is 5.73 Å². The zero-order valence-corrected chi connectivity index (χ0v) is 10.6. The highest BCUT2D eigenvalue weighted by atomic mass is 19.1. The first-order valence-corrected chi connectivity index (χ1v) is 6.57. The quantitative estimate of drug-likeness (QED) is 0.625. The first-order chi connectivity index (χ1) is 8.68. The van der Waals surface area contributed by atoms with Gasteiger partial charge in [-0.1, -0.05) is 19.3 Å². The fourth-order valence-electron chi connectivity index (χ4n) is 2.42. The summed E-state index contributed by atoms with van der Waals surface area (Å²) in [5.74, 6) is -0.364. The maximum Gasteiger partial charge on any atom is 0.147 e. The standard InChI is InChI=1S/C14H20FN3/c15-12-10-11(14(16)17)6-7-13(12)18-8-4-2-1-3-5-9-18/h6-7,10H,1-5,8-9H2,(H3,16,17). The van der Waals surface area contributed by atoms with E-state index >= 15 is 0 Å². The molecule has 0 radical (unpaired) electrons. The van der Waals surface area contributed by atoms with Gasteiger partial charge in [-0.3, -0.25) is 5.41 Å². The van der Waals surface area contributed by atoms with Gasteiger partial charge in [0, 0.05) is 18.7 Å². The van der Waals surface area contributed by atoms with Crippen LogP contribution in [0.15, 0.2) is 18.2 Å². The number of nitrogens with one attached hydrogen (secondary N) is 1. The van der Waals surface area contributed by atoms with Crippen molar-refractivity contribution in [2.75, 3.05) is 18.0 Å². The lowest BCUT2D eigenvalue weighted by Gasteiger charge is -2.27. The van der Waals surface area contributed by atoms with Crippen molar-refractivity contribution in [2.45, 2.75) is 32.1 Å². The third kappa shape index (κ3) is 3.00. The number of hydrogen-bond donors (Lipinski definition) is 2. The molecular weight excluding hydrogens is 229 g/mol. The Hall–Kier alpha value is -1.58. The molecule has 0 aliphatic carbocycles. The van der Waals surface area contributed by atoms with Crippen LogP contribution in [-0.4, -0.2) is 18.9 Å². The molecule has 3 N–H and O–H groups in total. The molecule has 0 aromatic heterocycles. The highest BCUT2D eigenvalue weighted by Gasteiger charge is 2.13. The molecule has 0 amide bonds. The Kier molecular flexibility index (Phi) is 4.18. The Morgan fingerprint density at radius 3 is 2.28 bits per heavy atom. The molecule has 98 valence electrons. The molecule has 1 aromatic carbocycles. The number of nitrogens with zero attached hydrogens (tertiary/aromatic N) is 1. The molecule has 1 aromatic rings. The summed E-state index contributed by atoms with van der Waals surface area (Å²) in [6.07, 6.45) is 5.98. The number of nitrogens with two attached hydrogens (primary N) is 1. The number of hydrogen-bond acceptors (Lipinski definition) is 2. The van der Waals surface area contributed by atoms with Gasteiger partial charge in [-0.25, -0.2) is 4.39 Å². The van der Waals surface area contributed by atoms with Crippen LogP contribution in [0.25, 0.3) is 0 Å². The molecule has 0 spiro atoms. The largest absolute Gasteiger partial charge is 0.384 e. The molecule has 0 bridgehead atoms. The average molecular weight is 249 g/mol. The van der Waals surface area contributed by atoms with E-state index in [1.54, 1.807) is 12.1 Å². The molecule has 0 atom stereocenters. The molecule has 18 heavy (non-hydrogen) atoms. The van der Waals surface area contributed by atoms with Crippen molar-refractivity contribution < 1.29 is 4.39 Å². The van der Waals surface area contributed by atoms with Gasteiger partial charge >= 0.3 is 0 Å². The van der Waals surface area contributed by atoms with E-state index in [-0.39, 0.29) is 11.7 Å². The smallest absolute Gasteiger partial charge is 0.147 e. The van der Waals surface area contributed by atoms with Gasteiger partial charge in [-0.2, -0.15) is 0 Å². The Balaban J connectivity index is 2.18. The van der Waals surface area contributed by atoms with Gasteiger partial charge in [-0.05, 0) is 31.0 Å². The summed E-state index contributed by atoms with van der Waals surface area (Å²) in [5.41, 5.74) is 6.45. The number of rotatable bonds is 2. The SMILES string of the molecule is N=C(N)c1ccc(N2CCCCCCC2)c(F)c1. The average Bonchev–Trinajstić information content (AvgIpc) is 2.29. The van der Waals surface area contributed by atoms with E-state index in [0.29, 0.717) is 11.3 Å². The lowest BCUT2D eigenvalue weighted by atomic mass is 10.1. The van der Waals surface area contributed by atoms with Gasteiger partial charge in [0.1, 0.15) is 11.7 Å². The molecule has 1 heterocycles. The van der Waals surface area contributed by atoms with E-state index in [1.807, 2.05) is 0 Å². The van der Waals surface area contributed by atoms with Crippen molar-refractivity contribution in [1.82, 2.24) is 0 Å². The Morgan fingerprint density at radius 2 is 1.72 bits per heavy atom. The second kappa shape index (κ2) is 5.85. The van der Waals surface area contributed by atoms with Gasteiger partial charge < -0.3 is 10.6 Å². The minimum absolute atomic E-state index is 0.0897. The predicted octanol–water partition coefficient (Wildman–Crippen LogP) is 2.88. The summed E-state index contributed by atoms with van der Waals surface area (Å²) in [6.45, 7) is 1.83. The molecule has 1 saturated heterocycles. The van der Waals surface area contributed by atoms with Crippen molar-refractivity contribution >= 4 is 11.5 Å². The van der Waals surface area contributed by atoms with Gasteiger partial charge in [-0.15, -0.1) is 0 Å². The number of benzene rings is 1. The Labute approximate surface area is 107 Å². The van der Waals surface area contributed by atoms with Gasteiger partial charge in [0.15, 0.2) is 0 Å². The van der Waals surface area contributed by atoms with Crippen molar-refractivity contribution in [3.63, 3.8) is 0 Å². The van der Waals surface area contributed by atoms with Gasteiger partial charge in [0.25, 0.3) is 0 Å². The fraction of sp³-hybridized carbons (Fsp3) is 0.500. The van der Waals surface area contributed by atoms with Crippen LogP contribution in [0.1, 0.15) is 37.7 Å². The predicted molar refractivity (Wildman–Crippen MR) is 72.7 cm³/mol. The van der Waals surface area contributed by atoms with Crippen LogP contribution in [0.4, 0.5) is 10.1 Å². The van der Waals surface area contributed by atoms with Crippen molar-refractivity contribution in [3.05, 3.63) is 29.6 Å². The lowest BCUT2D eigenvalue weighted by Crippen LogP contribution is -2.28. The number of nitrogen functional groups attached to an aromatic ring is 1. The summed E-state index contributed by atoms with van der Waals surface area (Å²) >= 11 is 0. The first kappa shape index (κ1) is 12.9. The third-order valence-corrected chi connectivity index (χ3v) is 3.46. The minimum atomic E-state index is -0.275. The van der Waals surface area contributed by atoms with Gasteiger partial charge in [0.2, 0.25) is 0 Å². The molecule has 1 aliphatic rings. The number of halogens is 1. The van der Waals surface area contributed by atoms with Crippen LogP contribution in [-0.2, 0) is 0 Å². The highest BCUT2D eigenvalue weighted by molar-refractivity contribution is 5.95. The topological polar surface area (TPSA) is 53.1 Å². The van der Waals surface area contributed by atoms with E-state index in [9.17, 15) is 4.39 Å². The maximum atomic E-state index is 14.0. The molecule has 0 saturated carbocycles. The van der Waals surface area contributed by atoms with E-state index < -0.39 is 0 Å². The maximum absolute atomic E-state index is 14.0. The molecule has 1 fully saturated rings. The van der Waals surface area contributed by atoms with E-state index in [2.05, 4.69) is 4.90 Å².